The van der Waals surface area contributed by atoms with E-state index >= 15 is 0 Å². The summed E-state index contributed by atoms with van der Waals surface area (Å²) in [6.07, 6.45) is 2.42. The zero-order valence-electron chi connectivity index (χ0n) is 16.6. The van der Waals surface area contributed by atoms with E-state index in [9.17, 15) is 18.4 Å². The molecule has 2 N–H and O–H groups in total. The molecule has 3 rings (SSSR count). The van der Waals surface area contributed by atoms with E-state index in [0.717, 1.165) is 31.4 Å². The number of carbonyl (C=O) groups is 2. The molecule has 0 radical (unpaired) electrons. The molecule has 1 aliphatic heterocycles. The van der Waals surface area contributed by atoms with Gasteiger partial charge in [-0.15, -0.1) is 0 Å². The summed E-state index contributed by atoms with van der Waals surface area (Å²) in [5.41, 5.74) is -0.0380. The number of amides is 3. The van der Waals surface area contributed by atoms with Gasteiger partial charge < -0.3 is 20.3 Å². The predicted octanol–water partition coefficient (Wildman–Crippen LogP) is 3.79. The second-order valence-electron chi connectivity index (χ2n) is 7.23. The number of likely N-dealkylation sites (tertiary alicyclic amines) is 1. The summed E-state index contributed by atoms with van der Waals surface area (Å²) in [6.45, 7) is 1.62. The van der Waals surface area contributed by atoms with Crippen molar-refractivity contribution in [3.8, 4) is 5.75 Å². The Kier molecular flexibility index (Phi) is 7.59. The van der Waals surface area contributed by atoms with Crippen LogP contribution in [-0.2, 0) is 4.79 Å². The molecule has 3 amide bonds. The van der Waals surface area contributed by atoms with Gasteiger partial charge in [0.25, 0.3) is 5.91 Å². The van der Waals surface area contributed by atoms with Gasteiger partial charge in [-0.2, -0.15) is 0 Å². The van der Waals surface area contributed by atoms with Crippen molar-refractivity contribution in [2.45, 2.75) is 19.3 Å². The van der Waals surface area contributed by atoms with Crippen LogP contribution < -0.4 is 15.4 Å². The van der Waals surface area contributed by atoms with E-state index in [1.807, 2.05) is 18.2 Å². The van der Waals surface area contributed by atoms with Crippen molar-refractivity contribution in [3.05, 3.63) is 60.2 Å². The van der Waals surface area contributed by atoms with E-state index in [2.05, 4.69) is 10.6 Å². The Bertz CT molecular complexity index is 856. The summed E-state index contributed by atoms with van der Waals surface area (Å²) in [5, 5.41) is 5.33. The van der Waals surface area contributed by atoms with Crippen molar-refractivity contribution >= 4 is 17.6 Å². The molecule has 1 aliphatic rings. The Morgan fingerprint density at radius 1 is 1.07 bits per heavy atom. The number of piperidine rings is 1. The Balaban J connectivity index is 1.32. The summed E-state index contributed by atoms with van der Waals surface area (Å²) in [4.78, 5) is 25.8. The number of nitrogens with one attached hydrogen (secondary N) is 2. The molecule has 1 fully saturated rings. The number of benzene rings is 2. The van der Waals surface area contributed by atoms with Gasteiger partial charge in [0.15, 0.2) is 6.61 Å². The number of halogens is 2. The maximum atomic E-state index is 13.7. The highest BCUT2D eigenvalue weighted by Gasteiger charge is 2.23. The first kappa shape index (κ1) is 21.5. The normalized spacial score (nSPS) is 14.3. The van der Waals surface area contributed by atoms with Gasteiger partial charge in [-0.25, -0.2) is 13.6 Å². The molecule has 0 unspecified atom stereocenters. The number of urea groups is 1. The Morgan fingerprint density at radius 2 is 1.80 bits per heavy atom. The fourth-order valence-corrected chi connectivity index (χ4v) is 3.34. The number of ether oxygens (including phenoxy) is 1. The van der Waals surface area contributed by atoms with Crippen LogP contribution in [-0.4, -0.2) is 43.1 Å². The lowest BCUT2D eigenvalue weighted by atomic mass is 9.94. The second kappa shape index (κ2) is 10.6. The van der Waals surface area contributed by atoms with Gasteiger partial charge >= 0.3 is 6.03 Å². The minimum absolute atomic E-state index is 0.0252. The summed E-state index contributed by atoms with van der Waals surface area (Å²) in [5.74, 6) is -0.613. The molecular weight excluding hydrogens is 392 g/mol. The maximum absolute atomic E-state index is 13.7. The Labute approximate surface area is 174 Å². The van der Waals surface area contributed by atoms with Gasteiger partial charge in [-0.05, 0) is 49.4 Å². The van der Waals surface area contributed by atoms with Gasteiger partial charge in [0, 0.05) is 25.7 Å². The molecule has 0 spiro atoms. The standard InChI is InChI=1S/C22H25F2N3O3/c23-17-6-7-20(19(24)14-17)26-22(29)27-12-9-16(10-13-27)8-11-25-21(28)15-30-18-4-2-1-3-5-18/h1-7,14,16H,8-13,15H2,(H,25,28)(H,26,29). The number of anilines is 1. The van der Waals surface area contributed by atoms with Crippen LogP contribution in [0, 0.1) is 17.6 Å². The third kappa shape index (κ3) is 6.43. The zero-order chi connectivity index (χ0) is 21.3. The fourth-order valence-electron chi connectivity index (χ4n) is 3.34. The van der Waals surface area contributed by atoms with E-state index in [0.29, 0.717) is 31.3 Å². The van der Waals surface area contributed by atoms with Crippen LogP contribution >= 0.6 is 0 Å². The van der Waals surface area contributed by atoms with Crippen molar-refractivity contribution in [1.82, 2.24) is 10.2 Å². The molecular formula is C22H25F2N3O3. The van der Waals surface area contributed by atoms with Crippen LogP contribution in [0.1, 0.15) is 19.3 Å². The Morgan fingerprint density at radius 3 is 2.50 bits per heavy atom. The van der Waals surface area contributed by atoms with E-state index < -0.39 is 17.7 Å². The molecule has 0 atom stereocenters. The average molecular weight is 417 g/mol. The van der Waals surface area contributed by atoms with Gasteiger partial charge in [0.05, 0.1) is 5.69 Å². The van der Waals surface area contributed by atoms with E-state index in [4.69, 9.17) is 4.74 Å². The lowest BCUT2D eigenvalue weighted by Crippen LogP contribution is -2.41. The van der Waals surface area contributed by atoms with Crippen molar-refractivity contribution in [3.63, 3.8) is 0 Å². The smallest absolute Gasteiger partial charge is 0.321 e. The molecule has 0 aliphatic carbocycles. The highest BCUT2D eigenvalue weighted by molar-refractivity contribution is 5.89. The minimum atomic E-state index is -0.801. The number of hydrogen-bond acceptors (Lipinski definition) is 3. The average Bonchev–Trinajstić information content (AvgIpc) is 2.75. The van der Waals surface area contributed by atoms with Crippen molar-refractivity contribution in [1.29, 1.82) is 0 Å². The quantitative estimate of drug-likeness (QED) is 0.720. The summed E-state index contributed by atoms with van der Waals surface area (Å²) in [6, 6.07) is 11.8. The van der Waals surface area contributed by atoms with Crippen molar-refractivity contribution in [2.75, 3.05) is 31.6 Å². The molecule has 160 valence electrons. The number of carbonyl (C=O) groups excluding carboxylic acids is 2. The summed E-state index contributed by atoms with van der Waals surface area (Å²) in [7, 11) is 0. The molecule has 1 saturated heterocycles. The molecule has 8 heteroatoms. The fraction of sp³-hybridized carbons (Fsp3) is 0.364. The third-order valence-corrected chi connectivity index (χ3v) is 5.06. The number of rotatable bonds is 7. The van der Waals surface area contributed by atoms with Gasteiger partial charge in [-0.3, -0.25) is 4.79 Å². The minimum Gasteiger partial charge on any atom is -0.484 e. The first-order chi connectivity index (χ1) is 14.5. The molecule has 30 heavy (non-hydrogen) atoms. The van der Waals surface area contributed by atoms with Gasteiger partial charge in [-0.1, -0.05) is 18.2 Å². The monoisotopic (exact) mass is 417 g/mol. The largest absolute Gasteiger partial charge is 0.484 e. The van der Waals surface area contributed by atoms with E-state index in [1.54, 1.807) is 17.0 Å². The summed E-state index contributed by atoms with van der Waals surface area (Å²) < 4.78 is 32.0. The topological polar surface area (TPSA) is 70.7 Å². The highest BCUT2D eigenvalue weighted by atomic mass is 19.1. The molecule has 0 aromatic heterocycles. The van der Waals surface area contributed by atoms with Crippen LogP contribution in [0.2, 0.25) is 0 Å². The van der Waals surface area contributed by atoms with Crippen LogP contribution in [0.5, 0.6) is 5.75 Å². The first-order valence-electron chi connectivity index (χ1n) is 9.97. The number of nitrogens with zero attached hydrogens (tertiary/aromatic N) is 1. The number of para-hydroxylation sites is 1. The first-order valence-corrected chi connectivity index (χ1v) is 9.97. The van der Waals surface area contributed by atoms with Crippen LogP contribution in [0.4, 0.5) is 19.3 Å². The SMILES string of the molecule is O=C(COc1ccccc1)NCCC1CCN(C(=O)Nc2ccc(F)cc2F)CC1. The molecule has 2 aromatic rings. The summed E-state index contributed by atoms with van der Waals surface area (Å²) >= 11 is 0. The Hall–Kier alpha value is -3.16. The molecule has 0 saturated carbocycles. The molecule has 2 aromatic carbocycles. The van der Waals surface area contributed by atoms with Crippen molar-refractivity contribution in [2.24, 2.45) is 5.92 Å². The lowest BCUT2D eigenvalue weighted by molar-refractivity contribution is -0.123. The zero-order valence-corrected chi connectivity index (χ0v) is 16.6. The number of hydrogen-bond donors (Lipinski definition) is 2. The van der Waals surface area contributed by atoms with E-state index in [1.165, 1.54) is 6.07 Å². The van der Waals surface area contributed by atoms with Crippen LogP contribution in [0.25, 0.3) is 0 Å². The highest BCUT2D eigenvalue weighted by Crippen LogP contribution is 2.22. The van der Waals surface area contributed by atoms with Crippen LogP contribution in [0.15, 0.2) is 48.5 Å². The molecule has 0 bridgehead atoms. The predicted molar refractivity (Wildman–Crippen MR) is 109 cm³/mol. The maximum Gasteiger partial charge on any atom is 0.321 e. The van der Waals surface area contributed by atoms with Crippen LogP contribution in [0.3, 0.4) is 0 Å². The van der Waals surface area contributed by atoms with Gasteiger partial charge in [0.1, 0.15) is 17.4 Å². The van der Waals surface area contributed by atoms with Crippen molar-refractivity contribution < 1.29 is 23.1 Å². The second-order valence-corrected chi connectivity index (χ2v) is 7.23. The molecule has 1 heterocycles. The van der Waals surface area contributed by atoms with Gasteiger partial charge in [0.2, 0.25) is 0 Å². The van der Waals surface area contributed by atoms with E-state index in [-0.39, 0.29) is 18.2 Å². The third-order valence-electron chi connectivity index (χ3n) is 5.06. The molecule has 6 nitrogen and oxygen atoms in total. The lowest BCUT2D eigenvalue weighted by Gasteiger charge is -2.32.